The van der Waals surface area contributed by atoms with E-state index in [1.54, 1.807) is 35.6 Å². The van der Waals surface area contributed by atoms with Crippen LogP contribution in [-0.4, -0.2) is 49.7 Å². The van der Waals surface area contributed by atoms with E-state index in [2.05, 4.69) is 49.7 Å². The number of pyridine rings is 1. The molecule has 138 valence electrons. The Bertz CT molecular complexity index is 924. The van der Waals surface area contributed by atoms with Crippen LogP contribution in [0.25, 0.3) is 5.82 Å². The Balaban J connectivity index is 1.37. The summed E-state index contributed by atoms with van der Waals surface area (Å²) in [5, 5.41) is 10.6. The molecule has 1 aliphatic rings. The van der Waals surface area contributed by atoms with E-state index >= 15 is 0 Å². The lowest BCUT2D eigenvalue weighted by Gasteiger charge is -2.31. The Kier molecular flexibility index (Phi) is 4.93. The average Bonchev–Trinajstić information content (AvgIpc) is 3.23. The van der Waals surface area contributed by atoms with Crippen LogP contribution in [0.15, 0.2) is 55.2 Å². The summed E-state index contributed by atoms with van der Waals surface area (Å²) in [6, 6.07) is 12.1. The van der Waals surface area contributed by atoms with Crippen molar-refractivity contribution in [2.24, 2.45) is 0 Å². The van der Waals surface area contributed by atoms with E-state index in [1.807, 2.05) is 6.92 Å². The molecule has 1 unspecified atom stereocenters. The number of fused-ring (bicyclic) bond motifs is 1. The van der Waals surface area contributed by atoms with E-state index in [0.717, 1.165) is 26.1 Å². The van der Waals surface area contributed by atoms with Crippen LogP contribution in [0.4, 0.5) is 0 Å². The average molecular weight is 362 g/mol. The van der Waals surface area contributed by atoms with Crippen LogP contribution in [0.3, 0.4) is 0 Å². The predicted octanol–water partition coefficient (Wildman–Crippen LogP) is 1.84. The van der Waals surface area contributed by atoms with Crippen molar-refractivity contribution >= 4 is 5.91 Å². The molecule has 0 saturated heterocycles. The number of carbonyl (C=O) groups is 1. The molecular weight excluding hydrogens is 340 g/mol. The van der Waals surface area contributed by atoms with Gasteiger partial charge in [-0.25, -0.2) is 4.98 Å². The molecule has 0 radical (unpaired) electrons. The molecule has 0 aliphatic carbocycles. The predicted molar refractivity (Wildman–Crippen MR) is 102 cm³/mol. The van der Waals surface area contributed by atoms with Gasteiger partial charge in [0.2, 0.25) is 0 Å². The number of nitrogens with one attached hydrogen (secondary N) is 1. The first-order valence-corrected chi connectivity index (χ1v) is 9.10. The molecule has 3 heterocycles. The lowest BCUT2D eigenvalue weighted by atomic mass is 9.99. The van der Waals surface area contributed by atoms with Crippen LogP contribution in [0, 0.1) is 0 Å². The Morgan fingerprint density at radius 2 is 1.96 bits per heavy atom. The molecule has 1 aromatic carbocycles. The fraction of sp³-hybridized carbons (Fsp3) is 0.300. The molecule has 2 aromatic heterocycles. The van der Waals surface area contributed by atoms with Gasteiger partial charge in [-0.15, -0.1) is 10.2 Å². The van der Waals surface area contributed by atoms with Crippen LogP contribution in [0.1, 0.15) is 28.4 Å². The lowest BCUT2D eigenvalue weighted by molar-refractivity contribution is 0.0927. The standard InChI is InChI=1S/C20H22N6O/c1-15(11-25-9-7-16-4-2-3-5-18(16)12-25)24-20(27)17-6-8-21-19(10-17)26-13-22-23-14-26/h2-6,8,10,13-15H,7,9,11-12H2,1H3,(H,24,27). The zero-order valence-corrected chi connectivity index (χ0v) is 15.2. The number of hydrogen-bond donors (Lipinski definition) is 1. The number of carbonyl (C=O) groups excluding carboxylic acids is 1. The fourth-order valence-electron chi connectivity index (χ4n) is 3.47. The lowest BCUT2D eigenvalue weighted by Crippen LogP contribution is -2.43. The first kappa shape index (κ1) is 17.4. The first-order valence-electron chi connectivity index (χ1n) is 9.10. The highest BCUT2D eigenvalue weighted by molar-refractivity contribution is 5.94. The quantitative estimate of drug-likeness (QED) is 0.749. The molecular formula is C20H22N6O. The molecule has 1 aliphatic heterocycles. The number of aromatic nitrogens is 4. The minimum absolute atomic E-state index is 0.0503. The van der Waals surface area contributed by atoms with Gasteiger partial charge in [-0.2, -0.15) is 0 Å². The third-order valence-electron chi connectivity index (χ3n) is 4.81. The summed E-state index contributed by atoms with van der Waals surface area (Å²) < 4.78 is 1.67. The molecule has 0 spiro atoms. The summed E-state index contributed by atoms with van der Waals surface area (Å²) in [5.74, 6) is 0.518. The Labute approximate surface area is 158 Å². The van der Waals surface area contributed by atoms with Crippen molar-refractivity contribution in [1.82, 2.24) is 30.0 Å². The number of rotatable bonds is 5. The van der Waals surface area contributed by atoms with E-state index in [-0.39, 0.29) is 11.9 Å². The number of benzene rings is 1. The van der Waals surface area contributed by atoms with Crippen molar-refractivity contribution in [3.8, 4) is 5.82 Å². The molecule has 7 heteroatoms. The second-order valence-electron chi connectivity index (χ2n) is 6.90. The van der Waals surface area contributed by atoms with E-state index < -0.39 is 0 Å². The normalized spacial score (nSPS) is 15.1. The van der Waals surface area contributed by atoms with E-state index in [4.69, 9.17) is 0 Å². The van der Waals surface area contributed by atoms with Gasteiger partial charge in [0.05, 0.1) is 0 Å². The number of hydrogen-bond acceptors (Lipinski definition) is 5. The maximum Gasteiger partial charge on any atom is 0.251 e. The fourth-order valence-corrected chi connectivity index (χ4v) is 3.47. The third-order valence-corrected chi connectivity index (χ3v) is 4.81. The molecule has 0 fully saturated rings. The molecule has 0 bridgehead atoms. The Morgan fingerprint density at radius 1 is 1.19 bits per heavy atom. The Hall–Kier alpha value is -3.06. The monoisotopic (exact) mass is 362 g/mol. The molecule has 4 rings (SSSR count). The first-order chi connectivity index (χ1) is 13.2. The van der Waals surface area contributed by atoms with Gasteiger partial charge >= 0.3 is 0 Å². The van der Waals surface area contributed by atoms with Gasteiger partial charge in [0.25, 0.3) is 5.91 Å². The molecule has 1 N–H and O–H groups in total. The summed E-state index contributed by atoms with van der Waals surface area (Å²) in [5.41, 5.74) is 3.39. The molecule has 3 aromatic rings. The molecule has 7 nitrogen and oxygen atoms in total. The van der Waals surface area contributed by atoms with E-state index in [9.17, 15) is 4.79 Å². The van der Waals surface area contributed by atoms with Crippen LogP contribution in [0.2, 0.25) is 0 Å². The Morgan fingerprint density at radius 3 is 2.78 bits per heavy atom. The van der Waals surface area contributed by atoms with Gasteiger partial charge in [0.15, 0.2) is 0 Å². The summed E-state index contributed by atoms with van der Waals surface area (Å²) in [6.07, 6.45) is 5.79. The van der Waals surface area contributed by atoms with Crippen molar-refractivity contribution < 1.29 is 4.79 Å². The van der Waals surface area contributed by atoms with Gasteiger partial charge in [0, 0.05) is 37.4 Å². The van der Waals surface area contributed by atoms with E-state index in [1.165, 1.54) is 11.1 Å². The molecule has 1 atom stereocenters. The van der Waals surface area contributed by atoms with Crippen LogP contribution < -0.4 is 5.32 Å². The van der Waals surface area contributed by atoms with Crippen molar-refractivity contribution in [2.75, 3.05) is 13.1 Å². The van der Waals surface area contributed by atoms with Crippen molar-refractivity contribution in [3.05, 3.63) is 71.9 Å². The summed E-state index contributed by atoms with van der Waals surface area (Å²) >= 11 is 0. The van der Waals surface area contributed by atoms with Crippen molar-refractivity contribution in [1.29, 1.82) is 0 Å². The maximum absolute atomic E-state index is 12.6. The van der Waals surface area contributed by atoms with Crippen LogP contribution >= 0.6 is 0 Å². The third kappa shape index (κ3) is 4.03. The van der Waals surface area contributed by atoms with Crippen LogP contribution in [0.5, 0.6) is 0 Å². The largest absolute Gasteiger partial charge is 0.348 e. The topological polar surface area (TPSA) is 75.9 Å². The van der Waals surface area contributed by atoms with Gasteiger partial charge in [-0.1, -0.05) is 24.3 Å². The van der Waals surface area contributed by atoms with Crippen LogP contribution in [-0.2, 0) is 13.0 Å². The smallest absolute Gasteiger partial charge is 0.251 e. The molecule has 0 saturated carbocycles. The van der Waals surface area contributed by atoms with E-state index in [0.29, 0.717) is 11.4 Å². The molecule has 27 heavy (non-hydrogen) atoms. The van der Waals surface area contributed by atoms with Crippen molar-refractivity contribution in [3.63, 3.8) is 0 Å². The SMILES string of the molecule is CC(CN1CCc2ccccc2C1)NC(=O)c1ccnc(-n2cnnc2)c1. The highest BCUT2D eigenvalue weighted by Gasteiger charge is 2.19. The van der Waals surface area contributed by atoms with Gasteiger partial charge in [0.1, 0.15) is 18.5 Å². The zero-order valence-electron chi connectivity index (χ0n) is 15.2. The molecule has 1 amide bonds. The minimum Gasteiger partial charge on any atom is -0.348 e. The second-order valence-corrected chi connectivity index (χ2v) is 6.90. The summed E-state index contributed by atoms with van der Waals surface area (Å²) in [4.78, 5) is 19.3. The van der Waals surface area contributed by atoms with Gasteiger partial charge < -0.3 is 5.32 Å². The highest BCUT2D eigenvalue weighted by atomic mass is 16.1. The van der Waals surface area contributed by atoms with Gasteiger partial charge in [-0.05, 0) is 36.6 Å². The number of nitrogens with zero attached hydrogens (tertiary/aromatic N) is 5. The van der Waals surface area contributed by atoms with Gasteiger partial charge in [-0.3, -0.25) is 14.3 Å². The second kappa shape index (κ2) is 7.67. The summed E-state index contributed by atoms with van der Waals surface area (Å²) in [6.45, 7) is 4.82. The minimum atomic E-state index is -0.100. The van der Waals surface area contributed by atoms with Crippen molar-refractivity contribution in [2.45, 2.75) is 25.9 Å². The zero-order chi connectivity index (χ0) is 18.6. The number of amides is 1. The highest BCUT2D eigenvalue weighted by Crippen LogP contribution is 2.18. The maximum atomic E-state index is 12.6. The summed E-state index contributed by atoms with van der Waals surface area (Å²) in [7, 11) is 0.